The van der Waals surface area contributed by atoms with Crippen molar-refractivity contribution in [1.82, 2.24) is 4.90 Å². The Kier molecular flexibility index (Phi) is 4.53. The van der Waals surface area contributed by atoms with Gasteiger partial charge in [-0.05, 0) is 49.3 Å². The van der Waals surface area contributed by atoms with Gasteiger partial charge in [0.25, 0.3) is 0 Å². The SMILES string of the molecule is CN(C(=S)Nc1ccc(F)cc1)C1CCCCC1. The monoisotopic (exact) mass is 266 g/mol. The molecule has 0 saturated heterocycles. The van der Waals surface area contributed by atoms with Crippen molar-refractivity contribution in [3.05, 3.63) is 30.1 Å². The maximum Gasteiger partial charge on any atom is 0.173 e. The molecule has 98 valence electrons. The molecule has 0 bridgehead atoms. The van der Waals surface area contributed by atoms with Crippen molar-refractivity contribution in [1.29, 1.82) is 0 Å². The standard InChI is InChI=1S/C14H19FN2S/c1-17(13-5-3-2-4-6-13)14(18)16-12-9-7-11(15)8-10-12/h7-10,13H,2-6H2,1H3,(H,16,18). The highest BCUT2D eigenvalue weighted by Crippen LogP contribution is 2.22. The van der Waals surface area contributed by atoms with Gasteiger partial charge in [-0.25, -0.2) is 4.39 Å². The largest absolute Gasteiger partial charge is 0.349 e. The molecular weight excluding hydrogens is 247 g/mol. The van der Waals surface area contributed by atoms with Crippen LogP contribution in [0.3, 0.4) is 0 Å². The fourth-order valence-corrected chi connectivity index (χ4v) is 2.65. The zero-order chi connectivity index (χ0) is 13.0. The molecule has 1 aliphatic carbocycles. The van der Waals surface area contributed by atoms with Crippen LogP contribution >= 0.6 is 12.2 Å². The second-order valence-electron chi connectivity index (χ2n) is 4.84. The first-order chi connectivity index (χ1) is 8.66. The molecule has 1 fully saturated rings. The van der Waals surface area contributed by atoms with Crippen molar-refractivity contribution in [2.24, 2.45) is 0 Å². The Bertz CT molecular complexity index is 399. The summed E-state index contributed by atoms with van der Waals surface area (Å²) in [6, 6.07) is 6.82. The van der Waals surface area contributed by atoms with Crippen LogP contribution < -0.4 is 5.32 Å². The van der Waals surface area contributed by atoms with Gasteiger partial charge in [0.05, 0.1) is 0 Å². The molecule has 1 aliphatic rings. The van der Waals surface area contributed by atoms with Crippen molar-refractivity contribution in [3.63, 3.8) is 0 Å². The Morgan fingerprint density at radius 1 is 1.22 bits per heavy atom. The number of thiocarbonyl (C=S) groups is 1. The quantitative estimate of drug-likeness (QED) is 0.820. The summed E-state index contributed by atoms with van der Waals surface area (Å²) in [5, 5.41) is 3.87. The lowest BCUT2D eigenvalue weighted by Gasteiger charge is -2.33. The molecule has 0 radical (unpaired) electrons. The van der Waals surface area contributed by atoms with Gasteiger partial charge >= 0.3 is 0 Å². The van der Waals surface area contributed by atoms with Gasteiger partial charge in [-0.3, -0.25) is 0 Å². The van der Waals surface area contributed by atoms with Crippen LogP contribution in [0.15, 0.2) is 24.3 Å². The van der Waals surface area contributed by atoms with Gasteiger partial charge in [-0.1, -0.05) is 19.3 Å². The second-order valence-corrected chi connectivity index (χ2v) is 5.23. The van der Waals surface area contributed by atoms with E-state index in [9.17, 15) is 4.39 Å². The number of halogens is 1. The first-order valence-electron chi connectivity index (χ1n) is 6.46. The van der Waals surface area contributed by atoms with E-state index in [-0.39, 0.29) is 5.82 Å². The predicted molar refractivity (Wildman–Crippen MR) is 77.3 cm³/mol. The molecule has 0 heterocycles. The van der Waals surface area contributed by atoms with Crippen LogP contribution in [0.25, 0.3) is 0 Å². The fraction of sp³-hybridized carbons (Fsp3) is 0.500. The fourth-order valence-electron chi connectivity index (χ4n) is 2.38. The van der Waals surface area contributed by atoms with E-state index in [1.165, 1.54) is 44.2 Å². The molecule has 0 atom stereocenters. The first-order valence-corrected chi connectivity index (χ1v) is 6.87. The Morgan fingerprint density at radius 2 is 1.83 bits per heavy atom. The molecule has 0 unspecified atom stereocenters. The molecule has 2 rings (SSSR count). The van der Waals surface area contributed by atoms with Crippen molar-refractivity contribution in [2.45, 2.75) is 38.1 Å². The molecule has 0 aliphatic heterocycles. The topological polar surface area (TPSA) is 15.3 Å². The van der Waals surface area contributed by atoms with E-state index in [1.54, 1.807) is 12.1 Å². The molecule has 1 N–H and O–H groups in total. The molecule has 4 heteroatoms. The lowest BCUT2D eigenvalue weighted by atomic mass is 9.95. The van der Waals surface area contributed by atoms with E-state index in [0.717, 1.165) is 5.69 Å². The van der Waals surface area contributed by atoms with Crippen LogP contribution in [0.2, 0.25) is 0 Å². The van der Waals surface area contributed by atoms with E-state index in [1.807, 2.05) is 7.05 Å². The summed E-state index contributed by atoms with van der Waals surface area (Å²) in [5.41, 5.74) is 0.837. The van der Waals surface area contributed by atoms with Crippen molar-refractivity contribution in [3.8, 4) is 0 Å². The van der Waals surface area contributed by atoms with Crippen LogP contribution in [0.4, 0.5) is 10.1 Å². The summed E-state index contributed by atoms with van der Waals surface area (Å²) < 4.78 is 12.8. The summed E-state index contributed by atoms with van der Waals surface area (Å²) >= 11 is 5.39. The van der Waals surface area contributed by atoms with Crippen LogP contribution in [0.1, 0.15) is 32.1 Å². The Hall–Kier alpha value is -1.16. The number of nitrogens with one attached hydrogen (secondary N) is 1. The highest BCUT2D eigenvalue weighted by atomic mass is 32.1. The Labute approximate surface area is 113 Å². The lowest BCUT2D eigenvalue weighted by Crippen LogP contribution is -2.40. The normalized spacial score (nSPS) is 16.3. The minimum atomic E-state index is -0.230. The van der Waals surface area contributed by atoms with Crippen LogP contribution in [0.5, 0.6) is 0 Å². The third-order valence-electron chi connectivity index (χ3n) is 3.54. The molecule has 2 nitrogen and oxygen atoms in total. The molecule has 1 saturated carbocycles. The number of rotatable bonds is 2. The summed E-state index contributed by atoms with van der Waals surface area (Å²) in [6.45, 7) is 0. The van der Waals surface area contributed by atoms with E-state index >= 15 is 0 Å². The molecule has 0 aromatic heterocycles. The number of nitrogens with zero attached hydrogens (tertiary/aromatic N) is 1. The second kappa shape index (κ2) is 6.14. The summed E-state index contributed by atoms with van der Waals surface area (Å²) in [7, 11) is 2.04. The highest BCUT2D eigenvalue weighted by molar-refractivity contribution is 7.80. The van der Waals surface area contributed by atoms with Gasteiger partial charge in [0.2, 0.25) is 0 Å². The van der Waals surface area contributed by atoms with E-state index < -0.39 is 0 Å². The van der Waals surface area contributed by atoms with Crippen molar-refractivity contribution < 1.29 is 4.39 Å². The van der Waals surface area contributed by atoms with E-state index in [0.29, 0.717) is 11.2 Å². The lowest BCUT2D eigenvalue weighted by molar-refractivity contribution is 0.281. The van der Waals surface area contributed by atoms with Gasteiger partial charge in [0, 0.05) is 18.8 Å². The van der Waals surface area contributed by atoms with Crippen LogP contribution in [-0.2, 0) is 0 Å². The van der Waals surface area contributed by atoms with Crippen LogP contribution in [0, 0.1) is 5.82 Å². The minimum absolute atomic E-state index is 0.230. The zero-order valence-corrected chi connectivity index (χ0v) is 11.5. The highest BCUT2D eigenvalue weighted by Gasteiger charge is 2.19. The van der Waals surface area contributed by atoms with Crippen molar-refractivity contribution >= 4 is 23.0 Å². The predicted octanol–water partition coefficient (Wildman–Crippen LogP) is 3.79. The molecule has 0 amide bonds. The smallest absolute Gasteiger partial charge is 0.173 e. The summed E-state index contributed by atoms with van der Waals surface area (Å²) in [4.78, 5) is 2.14. The molecule has 18 heavy (non-hydrogen) atoms. The van der Waals surface area contributed by atoms with Gasteiger partial charge in [0.1, 0.15) is 5.82 Å². The average molecular weight is 266 g/mol. The Balaban J connectivity index is 1.92. The molecule has 1 aromatic carbocycles. The Morgan fingerprint density at radius 3 is 2.44 bits per heavy atom. The van der Waals surface area contributed by atoms with Gasteiger partial charge in [0.15, 0.2) is 5.11 Å². The number of benzene rings is 1. The molecule has 0 spiro atoms. The third-order valence-corrected chi connectivity index (χ3v) is 3.93. The number of anilines is 1. The number of hydrogen-bond donors (Lipinski definition) is 1. The van der Waals surface area contributed by atoms with Crippen molar-refractivity contribution in [2.75, 3.05) is 12.4 Å². The van der Waals surface area contributed by atoms with Gasteiger partial charge in [-0.15, -0.1) is 0 Å². The summed E-state index contributed by atoms with van der Waals surface area (Å²) in [5.74, 6) is -0.230. The maximum absolute atomic E-state index is 12.8. The number of hydrogen-bond acceptors (Lipinski definition) is 1. The minimum Gasteiger partial charge on any atom is -0.349 e. The van der Waals surface area contributed by atoms with Gasteiger partial charge < -0.3 is 10.2 Å². The maximum atomic E-state index is 12.8. The third kappa shape index (κ3) is 3.42. The van der Waals surface area contributed by atoms with E-state index in [4.69, 9.17) is 12.2 Å². The van der Waals surface area contributed by atoms with E-state index in [2.05, 4.69) is 10.2 Å². The van der Waals surface area contributed by atoms with Gasteiger partial charge in [-0.2, -0.15) is 0 Å². The zero-order valence-electron chi connectivity index (χ0n) is 10.7. The van der Waals surface area contributed by atoms with Crippen LogP contribution in [-0.4, -0.2) is 23.1 Å². The molecule has 1 aromatic rings. The first kappa shape index (κ1) is 13.3. The average Bonchev–Trinajstić information content (AvgIpc) is 2.41. The summed E-state index contributed by atoms with van der Waals surface area (Å²) in [6.07, 6.45) is 6.33. The molecular formula is C14H19FN2S.